The Morgan fingerprint density at radius 1 is 1.16 bits per heavy atom. The van der Waals surface area contributed by atoms with E-state index in [1.54, 1.807) is 24.3 Å². The van der Waals surface area contributed by atoms with Crippen molar-refractivity contribution in [3.63, 3.8) is 0 Å². The van der Waals surface area contributed by atoms with E-state index in [0.717, 1.165) is 10.2 Å². The average molecular weight is 270 g/mol. The summed E-state index contributed by atoms with van der Waals surface area (Å²) in [5, 5.41) is 1.95. The minimum absolute atomic E-state index is 0.0363. The lowest BCUT2D eigenvalue weighted by molar-refractivity contribution is 0.101. The third kappa shape index (κ3) is 2.32. The first-order valence-electron chi connectivity index (χ1n) is 5.71. The third-order valence-electron chi connectivity index (χ3n) is 2.69. The Balaban J connectivity index is 1.92. The summed E-state index contributed by atoms with van der Waals surface area (Å²) in [7, 11) is 0. The second-order valence-electron chi connectivity index (χ2n) is 4.00. The van der Waals surface area contributed by atoms with Gasteiger partial charge in [0.05, 0.1) is 5.52 Å². The molecule has 0 N–H and O–H groups in total. The van der Waals surface area contributed by atoms with E-state index in [-0.39, 0.29) is 5.78 Å². The molecule has 3 rings (SSSR count). The fourth-order valence-electron chi connectivity index (χ4n) is 1.71. The summed E-state index contributed by atoms with van der Waals surface area (Å²) < 4.78 is 6.65. The van der Waals surface area contributed by atoms with Gasteiger partial charge in [0.25, 0.3) is 0 Å². The van der Waals surface area contributed by atoms with Crippen LogP contribution in [0.4, 0.5) is 0 Å². The van der Waals surface area contributed by atoms with E-state index < -0.39 is 0 Å². The number of benzene rings is 1. The number of thiophene rings is 1. The molecular weight excluding hydrogens is 260 g/mol. The van der Waals surface area contributed by atoms with E-state index in [1.165, 1.54) is 24.6 Å². The molecule has 94 valence electrons. The Morgan fingerprint density at radius 2 is 1.95 bits per heavy atom. The van der Waals surface area contributed by atoms with Gasteiger partial charge in [0.2, 0.25) is 5.88 Å². The molecule has 0 unspecified atom stereocenters. The Labute approximate surface area is 113 Å². The zero-order chi connectivity index (χ0) is 13.2. The molecule has 0 fully saturated rings. The second kappa shape index (κ2) is 4.78. The molecule has 0 saturated carbocycles. The molecule has 1 aromatic carbocycles. The van der Waals surface area contributed by atoms with Crippen molar-refractivity contribution in [2.75, 3.05) is 0 Å². The molecule has 0 spiro atoms. The van der Waals surface area contributed by atoms with Gasteiger partial charge in [-0.15, -0.1) is 11.3 Å². The van der Waals surface area contributed by atoms with Gasteiger partial charge < -0.3 is 4.74 Å². The van der Waals surface area contributed by atoms with Crippen molar-refractivity contribution in [3.8, 4) is 11.6 Å². The van der Waals surface area contributed by atoms with Crippen molar-refractivity contribution in [3.05, 3.63) is 47.6 Å². The summed E-state index contributed by atoms with van der Waals surface area (Å²) in [5.41, 5.74) is 1.53. The number of carbonyl (C=O) groups is 1. The van der Waals surface area contributed by atoms with Crippen LogP contribution in [0.15, 0.2) is 42.0 Å². The smallest absolute Gasteiger partial charge is 0.240 e. The number of carbonyl (C=O) groups excluding carboxylic acids is 1. The van der Waals surface area contributed by atoms with Gasteiger partial charge in [-0.2, -0.15) is 0 Å². The van der Waals surface area contributed by atoms with Crippen LogP contribution in [0.3, 0.4) is 0 Å². The van der Waals surface area contributed by atoms with Gasteiger partial charge in [-0.1, -0.05) is 0 Å². The minimum Gasteiger partial charge on any atom is -0.437 e. The highest BCUT2D eigenvalue weighted by atomic mass is 32.1. The Hall–Kier alpha value is -2.27. The van der Waals surface area contributed by atoms with E-state index in [4.69, 9.17) is 4.74 Å². The highest BCUT2D eigenvalue weighted by molar-refractivity contribution is 7.17. The number of ether oxygens (including phenoxy) is 1. The normalized spacial score (nSPS) is 10.6. The second-order valence-corrected chi connectivity index (χ2v) is 4.91. The van der Waals surface area contributed by atoms with Gasteiger partial charge in [-0.3, -0.25) is 4.79 Å². The quantitative estimate of drug-likeness (QED) is 0.681. The van der Waals surface area contributed by atoms with E-state index in [2.05, 4.69) is 9.97 Å². The number of rotatable bonds is 3. The van der Waals surface area contributed by atoms with Crippen LogP contribution in [-0.2, 0) is 0 Å². The number of Topliss-reactive ketones (excluding diaryl/α,β-unsaturated/α-hetero) is 1. The SMILES string of the molecule is CC(=O)c1ccc(Oc2ncnc3ccsc23)cc1. The van der Waals surface area contributed by atoms with Crippen LogP contribution in [0.5, 0.6) is 11.6 Å². The fraction of sp³-hybridized carbons (Fsp3) is 0.0714. The topological polar surface area (TPSA) is 52.1 Å². The van der Waals surface area contributed by atoms with Crippen molar-refractivity contribution in [1.29, 1.82) is 0 Å². The lowest BCUT2D eigenvalue weighted by Gasteiger charge is -2.05. The van der Waals surface area contributed by atoms with Crippen molar-refractivity contribution in [2.45, 2.75) is 6.92 Å². The molecule has 0 atom stereocenters. The molecule has 0 saturated heterocycles. The highest BCUT2D eigenvalue weighted by Crippen LogP contribution is 2.30. The van der Waals surface area contributed by atoms with Gasteiger partial charge in [0, 0.05) is 5.56 Å². The molecule has 0 aliphatic heterocycles. The standard InChI is InChI=1S/C14H10N2O2S/c1-9(17)10-2-4-11(5-3-10)18-14-13-12(6-7-19-13)15-8-16-14/h2-8H,1H3. The Bertz CT molecular complexity index is 735. The summed E-state index contributed by atoms with van der Waals surface area (Å²) >= 11 is 1.54. The highest BCUT2D eigenvalue weighted by Gasteiger charge is 2.07. The zero-order valence-electron chi connectivity index (χ0n) is 10.2. The first kappa shape index (κ1) is 11.8. The van der Waals surface area contributed by atoms with Crippen molar-refractivity contribution < 1.29 is 9.53 Å². The maximum absolute atomic E-state index is 11.2. The Morgan fingerprint density at radius 3 is 2.68 bits per heavy atom. The zero-order valence-corrected chi connectivity index (χ0v) is 11.0. The largest absolute Gasteiger partial charge is 0.437 e. The fourth-order valence-corrected chi connectivity index (χ4v) is 2.48. The number of hydrogen-bond acceptors (Lipinski definition) is 5. The van der Waals surface area contributed by atoms with Gasteiger partial charge >= 0.3 is 0 Å². The van der Waals surface area contributed by atoms with E-state index >= 15 is 0 Å². The van der Waals surface area contributed by atoms with Crippen molar-refractivity contribution in [1.82, 2.24) is 9.97 Å². The molecule has 0 bridgehead atoms. The van der Waals surface area contributed by atoms with Gasteiger partial charge in [-0.05, 0) is 42.6 Å². The number of hydrogen-bond donors (Lipinski definition) is 0. The third-order valence-corrected chi connectivity index (χ3v) is 3.58. The summed E-state index contributed by atoms with van der Waals surface area (Å²) in [6.07, 6.45) is 1.48. The predicted molar refractivity (Wildman–Crippen MR) is 73.9 cm³/mol. The summed E-state index contributed by atoms with van der Waals surface area (Å²) in [6, 6.07) is 8.93. The summed E-state index contributed by atoms with van der Waals surface area (Å²) in [6.45, 7) is 1.54. The number of fused-ring (bicyclic) bond motifs is 1. The number of nitrogens with zero attached hydrogens (tertiary/aromatic N) is 2. The summed E-state index contributed by atoms with van der Waals surface area (Å²) in [5.74, 6) is 1.23. The average Bonchev–Trinajstić information content (AvgIpc) is 2.89. The lowest BCUT2D eigenvalue weighted by Crippen LogP contribution is -1.92. The van der Waals surface area contributed by atoms with E-state index in [9.17, 15) is 4.79 Å². The van der Waals surface area contributed by atoms with E-state index in [0.29, 0.717) is 17.2 Å². The lowest BCUT2D eigenvalue weighted by atomic mass is 10.1. The monoisotopic (exact) mass is 270 g/mol. The van der Waals surface area contributed by atoms with Crippen LogP contribution in [-0.4, -0.2) is 15.8 Å². The van der Waals surface area contributed by atoms with Crippen LogP contribution in [0.25, 0.3) is 10.2 Å². The maximum Gasteiger partial charge on any atom is 0.240 e. The maximum atomic E-state index is 11.2. The molecule has 5 heteroatoms. The summed E-state index contributed by atoms with van der Waals surface area (Å²) in [4.78, 5) is 19.5. The van der Waals surface area contributed by atoms with Crippen LogP contribution in [0.2, 0.25) is 0 Å². The van der Waals surface area contributed by atoms with Crippen LogP contribution >= 0.6 is 11.3 Å². The first-order chi connectivity index (χ1) is 9.24. The van der Waals surface area contributed by atoms with Gasteiger partial charge in [-0.25, -0.2) is 9.97 Å². The molecule has 0 aliphatic rings. The van der Waals surface area contributed by atoms with Crippen LogP contribution in [0, 0.1) is 0 Å². The number of ketones is 1. The van der Waals surface area contributed by atoms with Crippen LogP contribution in [0.1, 0.15) is 17.3 Å². The Kier molecular flexibility index (Phi) is 2.97. The minimum atomic E-state index is 0.0363. The van der Waals surface area contributed by atoms with Crippen molar-refractivity contribution >= 4 is 27.3 Å². The van der Waals surface area contributed by atoms with Crippen molar-refractivity contribution in [2.24, 2.45) is 0 Å². The molecule has 4 nitrogen and oxygen atoms in total. The molecule has 0 aliphatic carbocycles. The van der Waals surface area contributed by atoms with E-state index in [1.807, 2.05) is 11.4 Å². The molecular formula is C14H10N2O2S. The predicted octanol–water partition coefficient (Wildman–Crippen LogP) is 3.69. The van der Waals surface area contributed by atoms with Gasteiger partial charge in [0.15, 0.2) is 5.78 Å². The first-order valence-corrected chi connectivity index (χ1v) is 6.59. The molecule has 19 heavy (non-hydrogen) atoms. The molecule has 0 radical (unpaired) electrons. The molecule has 2 aromatic heterocycles. The molecule has 0 amide bonds. The molecule has 2 heterocycles. The number of aromatic nitrogens is 2. The molecule has 3 aromatic rings. The van der Waals surface area contributed by atoms with Crippen LogP contribution < -0.4 is 4.74 Å². The van der Waals surface area contributed by atoms with Gasteiger partial charge in [0.1, 0.15) is 16.8 Å².